The highest BCUT2D eigenvalue weighted by Gasteiger charge is 2.32. The van der Waals surface area contributed by atoms with E-state index in [1.165, 1.54) is 12.1 Å². The number of aromatic nitrogens is 1. The van der Waals surface area contributed by atoms with Gasteiger partial charge in [-0.25, -0.2) is 4.39 Å². The lowest BCUT2D eigenvalue weighted by atomic mass is 10.0. The number of ether oxygens (including phenoxy) is 1. The Labute approximate surface area is 151 Å². The molecule has 140 valence electrons. The Bertz CT molecular complexity index is 787. The number of aromatic amines is 1. The average Bonchev–Trinajstić information content (AvgIpc) is 2.97. The van der Waals surface area contributed by atoms with Crippen molar-refractivity contribution in [1.29, 1.82) is 0 Å². The minimum absolute atomic E-state index is 0.0634. The molecule has 2 aromatic rings. The molecule has 26 heavy (non-hydrogen) atoms. The predicted octanol–water partition coefficient (Wildman–Crippen LogP) is 1.60. The summed E-state index contributed by atoms with van der Waals surface area (Å²) in [5.41, 5.74) is 1.08. The largest absolute Gasteiger partial charge is 0.391 e. The van der Waals surface area contributed by atoms with Crippen molar-refractivity contribution in [1.82, 2.24) is 14.8 Å². The Morgan fingerprint density at radius 1 is 1.15 bits per heavy atom. The number of nitrogens with one attached hydrogen (secondary N) is 1. The van der Waals surface area contributed by atoms with Gasteiger partial charge in [0, 0.05) is 43.1 Å². The number of H-pyrrole nitrogens is 1. The van der Waals surface area contributed by atoms with Gasteiger partial charge in [-0.3, -0.25) is 9.69 Å². The maximum absolute atomic E-state index is 13.4. The number of aliphatic hydroxyl groups is 1. The first kappa shape index (κ1) is 17.5. The maximum Gasteiger partial charge on any atom is 0.270 e. The molecule has 4 rings (SSSR count). The number of benzene rings is 1. The van der Waals surface area contributed by atoms with Gasteiger partial charge in [-0.2, -0.15) is 0 Å². The summed E-state index contributed by atoms with van der Waals surface area (Å²) >= 11 is 0. The molecule has 2 aliphatic heterocycles. The first-order chi connectivity index (χ1) is 12.6. The molecule has 3 heterocycles. The van der Waals surface area contributed by atoms with Crippen LogP contribution in [0.1, 0.15) is 23.3 Å². The number of aliphatic hydroxyl groups excluding tert-OH is 1. The molecule has 0 spiro atoms. The Balaban J connectivity index is 1.47. The summed E-state index contributed by atoms with van der Waals surface area (Å²) in [5.74, 6) is -0.430. The highest BCUT2D eigenvalue weighted by atomic mass is 19.1. The zero-order valence-corrected chi connectivity index (χ0v) is 14.7. The first-order valence-corrected chi connectivity index (χ1v) is 9.19. The zero-order valence-electron chi connectivity index (χ0n) is 14.7. The molecule has 2 saturated heterocycles. The number of morpholine rings is 1. The third kappa shape index (κ3) is 3.47. The van der Waals surface area contributed by atoms with E-state index in [0.29, 0.717) is 43.9 Å². The molecule has 0 unspecified atom stereocenters. The molecule has 2 atom stereocenters. The van der Waals surface area contributed by atoms with Gasteiger partial charge in [0.15, 0.2) is 0 Å². The highest BCUT2D eigenvalue weighted by molar-refractivity contribution is 5.98. The van der Waals surface area contributed by atoms with Crippen LogP contribution in [-0.4, -0.2) is 77.3 Å². The van der Waals surface area contributed by atoms with Crippen molar-refractivity contribution in [3.05, 3.63) is 35.8 Å². The number of carbonyl (C=O) groups excluding carboxylic acids is 1. The number of halogens is 1. The maximum atomic E-state index is 13.4. The van der Waals surface area contributed by atoms with E-state index in [-0.39, 0.29) is 17.8 Å². The van der Waals surface area contributed by atoms with Gasteiger partial charge in [0.05, 0.1) is 19.3 Å². The van der Waals surface area contributed by atoms with Crippen LogP contribution in [0, 0.1) is 5.82 Å². The summed E-state index contributed by atoms with van der Waals surface area (Å²) in [6, 6.07) is 6.27. The number of hydrogen-bond donors (Lipinski definition) is 2. The third-order valence-electron chi connectivity index (χ3n) is 5.45. The van der Waals surface area contributed by atoms with E-state index < -0.39 is 6.10 Å². The number of nitrogens with zero attached hydrogens (tertiary/aromatic N) is 2. The SMILES string of the molecule is O=C(c1cc2ccc(F)cc2[nH]1)N1CC[C@H](O)[C@@H](N2CCOCC2)CC1. The lowest BCUT2D eigenvalue weighted by Gasteiger charge is -2.36. The summed E-state index contributed by atoms with van der Waals surface area (Å²) in [6.45, 7) is 4.15. The summed E-state index contributed by atoms with van der Waals surface area (Å²) < 4.78 is 18.8. The van der Waals surface area contributed by atoms with Crippen molar-refractivity contribution in [2.24, 2.45) is 0 Å². The summed E-state index contributed by atoms with van der Waals surface area (Å²) in [4.78, 5) is 20.0. The third-order valence-corrected chi connectivity index (χ3v) is 5.45. The topological polar surface area (TPSA) is 68.8 Å². The molecule has 2 N–H and O–H groups in total. The molecule has 0 radical (unpaired) electrons. The van der Waals surface area contributed by atoms with Gasteiger partial charge in [0.2, 0.25) is 0 Å². The number of carbonyl (C=O) groups is 1. The molecule has 0 aliphatic carbocycles. The van der Waals surface area contributed by atoms with E-state index in [1.54, 1.807) is 17.0 Å². The van der Waals surface area contributed by atoms with Gasteiger partial charge in [-0.15, -0.1) is 0 Å². The van der Waals surface area contributed by atoms with Crippen molar-refractivity contribution in [3.63, 3.8) is 0 Å². The van der Waals surface area contributed by atoms with E-state index in [4.69, 9.17) is 4.74 Å². The normalized spacial score (nSPS) is 25.4. The van der Waals surface area contributed by atoms with E-state index >= 15 is 0 Å². The molecular formula is C19H24FN3O3. The first-order valence-electron chi connectivity index (χ1n) is 9.19. The lowest BCUT2D eigenvalue weighted by molar-refractivity contribution is -0.0222. The standard InChI is InChI=1S/C19H24FN3O3/c20-14-2-1-13-11-16(21-15(13)12-14)19(25)23-5-3-17(18(24)4-6-23)22-7-9-26-10-8-22/h1-2,11-12,17-18,21,24H,3-10H2/t17-,18-/m0/s1. The minimum atomic E-state index is -0.442. The second-order valence-corrected chi connectivity index (χ2v) is 7.07. The van der Waals surface area contributed by atoms with E-state index in [9.17, 15) is 14.3 Å². The van der Waals surface area contributed by atoms with Crippen LogP contribution >= 0.6 is 0 Å². The van der Waals surface area contributed by atoms with Crippen LogP contribution in [-0.2, 0) is 4.74 Å². The zero-order chi connectivity index (χ0) is 18.1. The fourth-order valence-corrected chi connectivity index (χ4v) is 4.00. The summed E-state index contributed by atoms with van der Waals surface area (Å²) in [5, 5.41) is 11.4. The quantitative estimate of drug-likeness (QED) is 0.853. The molecule has 0 bridgehead atoms. The monoisotopic (exact) mass is 361 g/mol. The van der Waals surface area contributed by atoms with Crippen molar-refractivity contribution < 1.29 is 19.0 Å². The van der Waals surface area contributed by atoms with Crippen molar-refractivity contribution in [3.8, 4) is 0 Å². The van der Waals surface area contributed by atoms with Crippen molar-refractivity contribution >= 4 is 16.8 Å². The van der Waals surface area contributed by atoms with Crippen LogP contribution in [0.3, 0.4) is 0 Å². The fraction of sp³-hybridized carbons (Fsp3) is 0.526. The number of fused-ring (bicyclic) bond motifs is 1. The van der Waals surface area contributed by atoms with Crippen molar-refractivity contribution in [2.75, 3.05) is 39.4 Å². The van der Waals surface area contributed by atoms with Crippen LogP contribution < -0.4 is 0 Å². The lowest BCUT2D eigenvalue weighted by Crippen LogP contribution is -2.49. The number of likely N-dealkylation sites (tertiary alicyclic amines) is 1. The minimum Gasteiger partial charge on any atom is -0.391 e. The van der Waals surface area contributed by atoms with Crippen LogP contribution in [0.25, 0.3) is 10.9 Å². The van der Waals surface area contributed by atoms with Crippen LogP contribution in [0.2, 0.25) is 0 Å². The predicted molar refractivity (Wildman–Crippen MR) is 95.6 cm³/mol. The summed E-state index contributed by atoms with van der Waals surface area (Å²) in [6.07, 6.45) is 0.854. The molecule has 7 heteroatoms. The highest BCUT2D eigenvalue weighted by Crippen LogP contribution is 2.22. The fourth-order valence-electron chi connectivity index (χ4n) is 4.00. The van der Waals surface area contributed by atoms with Gasteiger partial charge < -0.3 is 19.7 Å². The van der Waals surface area contributed by atoms with Gasteiger partial charge in [0.25, 0.3) is 5.91 Å². The Kier molecular flexibility index (Phi) is 4.93. The molecule has 1 aromatic heterocycles. The van der Waals surface area contributed by atoms with E-state index in [1.807, 2.05) is 0 Å². The molecule has 2 fully saturated rings. The van der Waals surface area contributed by atoms with Crippen LogP contribution in [0.5, 0.6) is 0 Å². The van der Waals surface area contributed by atoms with Crippen LogP contribution in [0.4, 0.5) is 4.39 Å². The van der Waals surface area contributed by atoms with E-state index in [2.05, 4.69) is 9.88 Å². The second-order valence-electron chi connectivity index (χ2n) is 7.07. The molecular weight excluding hydrogens is 337 g/mol. The molecule has 2 aliphatic rings. The smallest absolute Gasteiger partial charge is 0.270 e. The number of amides is 1. The Morgan fingerprint density at radius 2 is 1.92 bits per heavy atom. The Hall–Kier alpha value is -1.96. The molecule has 6 nitrogen and oxygen atoms in total. The van der Waals surface area contributed by atoms with E-state index in [0.717, 1.165) is 24.9 Å². The van der Waals surface area contributed by atoms with Gasteiger partial charge in [-0.05, 0) is 37.1 Å². The van der Waals surface area contributed by atoms with Gasteiger partial charge >= 0.3 is 0 Å². The van der Waals surface area contributed by atoms with Crippen LogP contribution in [0.15, 0.2) is 24.3 Å². The molecule has 1 aromatic carbocycles. The van der Waals surface area contributed by atoms with Crippen molar-refractivity contribution in [2.45, 2.75) is 25.0 Å². The molecule has 0 saturated carbocycles. The Morgan fingerprint density at radius 3 is 2.73 bits per heavy atom. The summed E-state index contributed by atoms with van der Waals surface area (Å²) in [7, 11) is 0. The second kappa shape index (κ2) is 7.34. The number of rotatable bonds is 2. The average molecular weight is 361 g/mol. The van der Waals surface area contributed by atoms with Gasteiger partial charge in [0.1, 0.15) is 11.5 Å². The molecule has 1 amide bonds. The van der Waals surface area contributed by atoms with Gasteiger partial charge in [-0.1, -0.05) is 0 Å². The number of hydrogen-bond acceptors (Lipinski definition) is 4.